The Morgan fingerprint density at radius 3 is 1.94 bits per heavy atom. The number of rotatable bonds is 1. The van der Waals surface area contributed by atoms with Crippen molar-refractivity contribution in [3.05, 3.63) is 34.1 Å². The van der Waals surface area contributed by atoms with E-state index in [2.05, 4.69) is 0 Å². The molecule has 0 atom stereocenters. The van der Waals surface area contributed by atoms with Gasteiger partial charge in [0.25, 0.3) is 5.78 Å². The summed E-state index contributed by atoms with van der Waals surface area (Å²) in [6, 6.07) is 0.213. The maximum Gasteiger partial charge on any atom is 0.454 e. The van der Waals surface area contributed by atoms with Gasteiger partial charge in [-0.1, -0.05) is 11.6 Å². The van der Waals surface area contributed by atoms with E-state index in [0.29, 0.717) is 0 Å². The summed E-state index contributed by atoms with van der Waals surface area (Å²) in [5.74, 6) is -4.65. The Labute approximate surface area is 100 Å². The molecular weight excluding hydrogens is 293 g/mol. The second-order valence-corrected chi connectivity index (χ2v) is 3.49. The number of carbonyl (C=O) groups is 1. The van der Waals surface area contributed by atoms with E-state index >= 15 is 0 Å². The van der Waals surface area contributed by atoms with Gasteiger partial charge in [0.15, 0.2) is 5.82 Å². The lowest BCUT2D eigenvalue weighted by Gasteiger charge is -2.12. The van der Waals surface area contributed by atoms with Crippen molar-refractivity contribution in [2.75, 3.05) is 0 Å². The number of hydrogen-bond donors (Lipinski definition) is 0. The molecule has 0 spiro atoms. The zero-order valence-electron chi connectivity index (χ0n) is 8.09. The fourth-order valence-electron chi connectivity index (χ4n) is 1.10. The molecule has 0 amide bonds. The summed E-state index contributed by atoms with van der Waals surface area (Å²) in [5, 5.41) is -1.57. The standard InChI is InChI=1S/C9H2ClF7O/c10-5-4(8(12,13)14)2-1-3(6(5)11)7(18)9(15,16)17/h1-2H. The van der Waals surface area contributed by atoms with Gasteiger partial charge < -0.3 is 0 Å². The highest BCUT2D eigenvalue weighted by Gasteiger charge is 2.43. The Morgan fingerprint density at radius 1 is 1.06 bits per heavy atom. The Hall–Kier alpha value is -1.31. The Bertz CT molecular complexity index is 489. The van der Waals surface area contributed by atoms with Crippen LogP contribution in [0.1, 0.15) is 15.9 Å². The van der Waals surface area contributed by atoms with Crippen LogP contribution in [0.5, 0.6) is 0 Å². The molecule has 0 aliphatic carbocycles. The predicted octanol–water partition coefficient (Wildman–Crippen LogP) is 4.24. The first kappa shape index (κ1) is 14.7. The summed E-state index contributed by atoms with van der Waals surface area (Å²) in [4.78, 5) is 10.7. The van der Waals surface area contributed by atoms with Crippen molar-refractivity contribution >= 4 is 17.4 Å². The summed E-state index contributed by atoms with van der Waals surface area (Å²) in [5.41, 5.74) is -3.21. The first-order chi connectivity index (χ1) is 7.96. The molecule has 1 nitrogen and oxygen atoms in total. The normalized spacial score (nSPS) is 12.7. The summed E-state index contributed by atoms with van der Waals surface area (Å²) >= 11 is 4.96. The molecule has 0 aliphatic heterocycles. The zero-order valence-corrected chi connectivity index (χ0v) is 8.84. The minimum Gasteiger partial charge on any atom is -0.284 e. The van der Waals surface area contributed by atoms with Gasteiger partial charge in [-0.3, -0.25) is 4.79 Å². The Balaban J connectivity index is 3.39. The molecular formula is C9H2ClF7O. The average molecular weight is 295 g/mol. The number of hydrogen-bond acceptors (Lipinski definition) is 1. The van der Waals surface area contributed by atoms with E-state index in [1.807, 2.05) is 0 Å². The third-order valence-electron chi connectivity index (χ3n) is 1.89. The van der Waals surface area contributed by atoms with Crippen LogP contribution in [0.15, 0.2) is 12.1 Å². The van der Waals surface area contributed by atoms with Gasteiger partial charge in [0.05, 0.1) is 16.1 Å². The summed E-state index contributed by atoms with van der Waals surface area (Å²) in [6.07, 6.45) is -10.4. The van der Waals surface area contributed by atoms with Gasteiger partial charge in [0, 0.05) is 0 Å². The van der Waals surface area contributed by atoms with Crippen LogP contribution in [-0.4, -0.2) is 12.0 Å². The molecule has 0 N–H and O–H groups in total. The minimum atomic E-state index is -5.40. The Kier molecular flexibility index (Phi) is 3.62. The van der Waals surface area contributed by atoms with Crippen LogP contribution in [0.2, 0.25) is 5.02 Å². The van der Waals surface area contributed by atoms with Crippen molar-refractivity contribution in [2.45, 2.75) is 12.4 Å². The smallest absolute Gasteiger partial charge is 0.284 e. The van der Waals surface area contributed by atoms with E-state index in [0.717, 1.165) is 0 Å². The molecule has 1 rings (SSSR count). The molecule has 18 heavy (non-hydrogen) atoms. The largest absolute Gasteiger partial charge is 0.454 e. The molecule has 0 heterocycles. The molecule has 0 fully saturated rings. The Morgan fingerprint density at radius 2 is 1.56 bits per heavy atom. The van der Waals surface area contributed by atoms with Gasteiger partial charge in [-0.05, 0) is 12.1 Å². The molecule has 1 aromatic rings. The van der Waals surface area contributed by atoms with E-state index < -0.39 is 40.1 Å². The van der Waals surface area contributed by atoms with Gasteiger partial charge >= 0.3 is 12.4 Å². The van der Waals surface area contributed by atoms with E-state index in [-0.39, 0.29) is 12.1 Å². The highest BCUT2D eigenvalue weighted by molar-refractivity contribution is 6.32. The lowest BCUT2D eigenvalue weighted by atomic mass is 10.1. The number of Topliss-reactive ketones (excluding diaryl/α,β-unsaturated/α-hetero) is 1. The molecule has 0 saturated heterocycles. The van der Waals surface area contributed by atoms with Crippen molar-refractivity contribution in [1.29, 1.82) is 0 Å². The van der Waals surface area contributed by atoms with Crippen LogP contribution in [0, 0.1) is 5.82 Å². The van der Waals surface area contributed by atoms with Gasteiger partial charge in [0.1, 0.15) is 0 Å². The van der Waals surface area contributed by atoms with Crippen LogP contribution in [-0.2, 0) is 6.18 Å². The highest BCUT2D eigenvalue weighted by Crippen LogP contribution is 2.37. The van der Waals surface area contributed by atoms with E-state index in [1.165, 1.54) is 0 Å². The van der Waals surface area contributed by atoms with Crippen LogP contribution in [0.25, 0.3) is 0 Å². The molecule has 100 valence electrons. The van der Waals surface area contributed by atoms with Crippen molar-refractivity contribution < 1.29 is 35.5 Å². The first-order valence-corrected chi connectivity index (χ1v) is 4.50. The number of alkyl halides is 6. The van der Waals surface area contributed by atoms with Crippen molar-refractivity contribution in [1.82, 2.24) is 0 Å². The fourth-order valence-corrected chi connectivity index (χ4v) is 1.37. The van der Waals surface area contributed by atoms with Gasteiger partial charge in [-0.15, -0.1) is 0 Å². The predicted molar refractivity (Wildman–Crippen MR) is 46.8 cm³/mol. The molecule has 0 bridgehead atoms. The molecule has 9 heteroatoms. The van der Waals surface area contributed by atoms with E-state index in [9.17, 15) is 35.5 Å². The van der Waals surface area contributed by atoms with Gasteiger partial charge in [-0.25, -0.2) is 4.39 Å². The number of carbonyl (C=O) groups excluding carboxylic acids is 1. The minimum absolute atomic E-state index is 0.0971. The maximum atomic E-state index is 13.2. The summed E-state index contributed by atoms with van der Waals surface area (Å²) < 4.78 is 85.9. The van der Waals surface area contributed by atoms with Gasteiger partial charge in [-0.2, -0.15) is 26.3 Å². The number of benzene rings is 1. The zero-order chi connectivity index (χ0) is 14.3. The topological polar surface area (TPSA) is 17.1 Å². The molecule has 0 radical (unpaired) electrons. The quantitative estimate of drug-likeness (QED) is 0.559. The van der Waals surface area contributed by atoms with Crippen LogP contribution < -0.4 is 0 Å². The molecule has 1 aromatic carbocycles. The first-order valence-electron chi connectivity index (χ1n) is 4.13. The monoisotopic (exact) mass is 294 g/mol. The van der Waals surface area contributed by atoms with Crippen molar-refractivity contribution in [3.8, 4) is 0 Å². The second-order valence-electron chi connectivity index (χ2n) is 3.11. The van der Waals surface area contributed by atoms with Gasteiger partial charge in [0.2, 0.25) is 0 Å². The molecule has 0 unspecified atom stereocenters. The average Bonchev–Trinajstić information content (AvgIpc) is 2.17. The van der Waals surface area contributed by atoms with Crippen LogP contribution >= 0.6 is 11.6 Å². The third-order valence-corrected chi connectivity index (χ3v) is 2.26. The van der Waals surface area contributed by atoms with E-state index in [4.69, 9.17) is 11.6 Å². The maximum absolute atomic E-state index is 13.2. The molecule has 0 aromatic heterocycles. The SMILES string of the molecule is O=C(c1ccc(C(F)(F)F)c(Cl)c1F)C(F)(F)F. The lowest BCUT2D eigenvalue weighted by Crippen LogP contribution is -2.24. The molecule has 0 aliphatic rings. The highest BCUT2D eigenvalue weighted by atomic mass is 35.5. The summed E-state index contributed by atoms with van der Waals surface area (Å²) in [6.45, 7) is 0. The van der Waals surface area contributed by atoms with Crippen molar-refractivity contribution in [3.63, 3.8) is 0 Å². The second kappa shape index (κ2) is 4.42. The number of ketones is 1. The van der Waals surface area contributed by atoms with Crippen LogP contribution in [0.4, 0.5) is 30.7 Å². The summed E-state index contributed by atoms with van der Waals surface area (Å²) in [7, 11) is 0. The van der Waals surface area contributed by atoms with Crippen molar-refractivity contribution in [2.24, 2.45) is 0 Å². The van der Waals surface area contributed by atoms with E-state index in [1.54, 1.807) is 0 Å². The van der Waals surface area contributed by atoms with Crippen LogP contribution in [0.3, 0.4) is 0 Å². The molecule has 0 saturated carbocycles. The fraction of sp³-hybridized carbons (Fsp3) is 0.222. The lowest BCUT2D eigenvalue weighted by molar-refractivity contribution is -0.137. The number of halogens is 8. The third kappa shape index (κ3) is 2.74.